The molecular formula is C18H14N6O2. The molecule has 1 aromatic carbocycles. The van der Waals surface area contributed by atoms with Crippen LogP contribution >= 0.6 is 0 Å². The van der Waals surface area contributed by atoms with E-state index in [0.29, 0.717) is 5.56 Å². The SMILES string of the molecule is CCOC(=O)c1c(-c2ccccc2)c(C#N)c2c(C#N)c(N)nn2c1N. The predicted octanol–water partition coefficient (Wildman–Crippen LogP) is 2.09. The molecule has 2 heterocycles. The van der Waals surface area contributed by atoms with Crippen LogP contribution in [0.4, 0.5) is 11.6 Å². The van der Waals surface area contributed by atoms with E-state index < -0.39 is 5.97 Å². The van der Waals surface area contributed by atoms with Crippen molar-refractivity contribution >= 4 is 23.1 Å². The molecule has 0 bridgehead atoms. The number of pyridine rings is 1. The first-order valence-corrected chi connectivity index (χ1v) is 7.71. The number of esters is 1. The number of nitriles is 2. The number of hydrogen-bond acceptors (Lipinski definition) is 7. The van der Waals surface area contributed by atoms with Crippen molar-refractivity contribution in [2.24, 2.45) is 0 Å². The van der Waals surface area contributed by atoms with Crippen LogP contribution in [0.15, 0.2) is 30.3 Å². The molecule has 128 valence electrons. The number of nitrogens with two attached hydrogens (primary N) is 2. The van der Waals surface area contributed by atoms with E-state index in [9.17, 15) is 15.3 Å². The summed E-state index contributed by atoms with van der Waals surface area (Å²) >= 11 is 0. The summed E-state index contributed by atoms with van der Waals surface area (Å²) < 4.78 is 6.26. The molecule has 3 aromatic rings. The standard InChI is InChI=1S/C18H14N6O2/c1-2-26-18(25)14-13(10-6-4-3-5-7-10)11(8-19)15-12(9-20)16(21)23-24(15)17(14)22/h3-7H,2,22H2,1H3,(H2,21,23). The van der Waals surface area contributed by atoms with Gasteiger partial charge in [-0.05, 0) is 12.5 Å². The number of nitrogen functional groups attached to an aromatic ring is 2. The van der Waals surface area contributed by atoms with E-state index in [1.807, 2.05) is 6.07 Å². The minimum Gasteiger partial charge on any atom is -0.462 e. The maximum absolute atomic E-state index is 12.6. The Morgan fingerprint density at radius 2 is 1.85 bits per heavy atom. The quantitative estimate of drug-likeness (QED) is 0.691. The average molecular weight is 346 g/mol. The molecule has 0 aliphatic rings. The summed E-state index contributed by atoms with van der Waals surface area (Å²) in [5.74, 6) is -0.810. The zero-order valence-corrected chi connectivity index (χ0v) is 13.9. The van der Waals surface area contributed by atoms with E-state index in [-0.39, 0.29) is 46.0 Å². The molecule has 4 N–H and O–H groups in total. The number of rotatable bonds is 3. The van der Waals surface area contributed by atoms with Crippen LogP contribution in [-0.4, -0.2) is 22.2 Å². The van der Waals surface area contributed by atoms with Gasteiger partial charge in [0.15, 0.2) is 5.82 Å². The summed E-state index contributed by atoms with van der Waals surface area (Å²) in [7, 11) is 0. The Balaban J connectivity index is 2.57. The third-order valence-electron chi connectivity index (χ3n) is 3.90. The number of ether oxygens (including phenoxy) is 1. The van der Waals surface area contributed by atoms with Crippen LogP contribution in [0.3, 0.4) is 0 Å². The highest BCUT2D eigenvalue weighted by Crippen LogP contribution is 2.37. The first-order valence-electron chi connectivity index (χ1n) is 7.71. The van der Waals surface area contributed by atoms with Gasteiger partial charge in [-0.3, -0.25) is 0 Å². The molecule has 26 heavy (non-hydrogen) atoms. The van der Waals surface area contributed by atoms with E-state index in [2.05, 4.69) is 11.2 Å². The molecule has 0 fully saturated rings. The summed E-state index contributed by atoms with van der Waals surface area (Å²) in [5, 5.41) is 23.2. The van der Waals surface area contributed by atoms with Gasteiger partial charge in [-0.2, -0.15) is 10.5 Å². The largest absolute Gasteiger partial charge is 0.462 e. The monoisotopic (exact) mass is 346 g/mol. The average Bonchev–Trinajstić information content (AvgIpc) is 2.99. The Kier molecular flexibility index (Phi) is 4.17. The molecule has 0 atom stereocenters. The van der Waals surface area contributed by atoms with Gasteiger partial charge in [0.25, 0.3) is 0 Å². The summed E-state index contributed by atoms with van der Waals surface area (Å²) in [5.41, 5.74) is 13.1. The lowest BCUT2D eigenvalue weighted by atomic mass is 9.94. The highest BCUT2D eigenvalue weighted by Gasteiger charge is 2.28. The predicted molar refractivity (Wildman–Crippen MR) is 94.8 cm³/mol. The fourth-order valence-corrected chi connectivity index (χ4v) is 2.84. The Morgan fingerprint density at radius 1 is 1.19 bits per heavy atom. The summed E-state index contributed by atoms with van der Waals surface area (Å²) in [4.78, 5) is 12.6. The molecule has 0 aliphatic heterocycles. The Bertz CT molecular complexity index is 1100. The Morgan fingerprint density at radius 3 is 2.42 bits per heavy atom. The van der Waals surface area contributed by atoms with E-state index in [1.165, 1.54) is 0 Å². The van der Waals surface area contributed by atoms with Crippen molar-refractivity contribution in [1.82, 2.24) is 9.61 Å². The normalized spacial score (nSPS) is 10.3. The zero-order valence-electron chi connectivity index (χ0n) is 13.9. The van der Waals surface area contributed by atoms with Gasteiger partial charge in [-0.15, -0.1) is 5.10 Å². The lowest BCUT2D eigenvalue weighted by molar-refractivity contribution is 0.0528. The molecule has 3 rings (SSSR count). The molecule has 0 saturated heterocycles. The van der Waals surface area contributed by atoms with E-state index in [0.717, 1.165) is 4.52 Å². The van der Waals surface area contributed by atoms with Gasteiger partial charge < -0.3 is 16.2 Å². The summed E-state index contributed by atoms with van der Waals surface area (Å²) in [6.07, 6.45) is 0. The van der Waals surface area contributed by atoms with Gasteiger partial charge in [-0.25, -0.2) is 9.31 Å². The van der Waals surface area contributed by atoms with E-state index >= 15 is 0 Å². The van der Waals surface area contributed by atoms with E-state index in [1.54, 1.807) is 37.3 Å². The van der Waals surface area contributed by atoms with Gasteiger partial charge in [0.2, 0.25) is 0 Å². The second-order valence-electron chi connectivity index (χ2n) is 5.34. The van der Waals surface area contributed by atoms with Crippen LogP contribution in [0.25, 0.3) is 16.6 Å². The lowest BCUT2D eigenvalue weighted by Gasteiger charge is -2.15. The number of fused-ring (bicyclic) bond motifs is 1. The molecular weight excluding hydrogens is 332 g/mol. The van der Waals surface area contributed by atoms with Crippen LogP contribution in [-0.2, 0) is 4.74 Å². The van der Waals surface area contributed by atoms with Crippen LogP contribution in [0, 0.1) is 22.7 Å². The fourth-order valence-electron chi connectivity index (χ4n) is 2.84. The minimum atomic E-state index is -0.685. The third-order valence-corrected chi connectivity index (χ3v) is 3.90. The number of anilines is 2. The van der Waals surface area contributed by atoms with Crippen LogP contribution in [0.2, 0.25) is 0 Å². The maximum Gasteiger partial charge on any atom is 0.342 e. The zero-order chi connectivity index (χ0) is 18.8. The van der Waals surface area contributed by atoms with Gasteiger partial charge in [-0.1, -0.05) is 30.3 Å². The first kappa shape index (κ1) is 16.8. The first-order chi connectivity index (χ1) is 12.5. The van der Waals surface area contributed by atoms with Crippen molar-refractivity contribution < 1.29 is 9.53 Å². The second-order valence-corrected chi connectivity index (χ2v) is 5.34. The second kappa shape index (κ2) is 6.46. The van der Waals surface area contributed by atoms with Gasteiger partial charge in [0.05, 0.1) is 12.2 Å². The highest BCUT2D eigenvalue weighted by molar-refractivity contribution is 6.05. The number of carbonyl (C=O) groups is 1. The van der Waals surface area contributed by atoms with Gasteiger partial charge in [0.1, 0.15) is 34.6 Å². The Hall–Kier alpha value is -4.04. The smallest absolute Gasteiger partial charge is 0.342 e. The van der Waals surface area contributed by atoms with Crippen molar-refractivity contribution in [3.8, 4) is 23.3 Å². The number of benzene rings is 1. The number of carbonyl (C=O) groups excluding carboxylic acids is 1. The molecule has 0 radical (unpaired) electrons. The molecule has 0 amide bonds. The van der Waals surface area contributed by atoms with Gasteiger partial charge >= 0.3 is 5.97 Å². The number of nitrogens with zero attached hydrogens (tertiary/aromatic N) is 4. The van der Waals surface area contributed by atoms with E-state index in [4.69, 9.17) is 16.2 Å². The van der Waals surface area contributed by atoms with Crippen molar-refractivity contribution in [3.63, 3.8) is 0 Å². The number of hydrogen-bond donors (Lipinski definition) is 2. The fraction of sp³-hybridized carbons (Fsp3) is 0.111. The van der Waals surface area contributed by atoms with Crippen molar-refractivity contribution in [2.75, 3.05) is 18.1 Å². The molecule has 2 aromatic heterocycles. The molecule has 0 unspecified atom stereocenters. The van der Waals surface area contributed by atoms with Gasteiger partial charge in [0, 0.05) is 5.56 Å². The minimum absolute atomic E-state index is 0.00842. The molecule has 0 saturated carbocycles. The van der Waals surface area contributed by atoms with Crippen molar-refractivity contribution in [3.05, 3.63) is 47.0 Å². The van der Waals surface area contributed by atoms with Crippen LogP contribution in [0.5, 0.6) is 0 Å². The van der Waals surface area contributed by atoms with Crippen molar-refractivity contribution in [1.29, 1.82) is 10.5 Å². The molecule has 0 spiro atoms. The highest BCUT2D eigenvalue weighted by atomic mass is 16.5. The van der Waals surface area contributed by atoms with Crippen LogP contribution < -0.4 is 11.5 Å². The van der Waals surface area contributed by atoms with Crippen molar-refractivity contribution in [2.45, 2.75) is 6.92 Å². The topological polar surface area (TPSA) is 143 Å². The number of aromatic nitrogens is 2. The van der Waals surface area contributed by atoms with Crippen LogP contribution in [0.1, 0.15) is 28.4 Å². The summed E-state index contributed by atoms with van der Waals surface area (Å²) in [6, 6.07) is 12.8. The third kappa shape index (κ3) is 2.38. The maximum atomic E-state index is 12.6. The summed E-state index contributed by atoms with van der Waals surface area (Å²) in [6.45, 7) is 1.80. The molecule has 8 nitrogen and oxygen atoms in total. The Labute approximate surface area is 148 Å². The molecule has 8 heteroatoms. The molecule has 0 aliphatic carbocycles. The lowest BCUT2D eigenvalue weighted by Crippen LogP contribution is -2.15.